The molecule has 1 amide bonds. The van der Waals surface area contributed by atoms with Crippen LogP contribution in [0.4, 0.5) is 24.7 Å². The molecule has 3 heterocycles. The molecule has 0 bridgehead atoms. The molecule has 8 nitrogen and oxygen atoms in total. The van der Waals surface area contributed by atoms with Crippen LogP contribution in [0.15, 0.2) is 54.3 Å². The number of benzene rings is 1. The van der Waals surface area contributed by atoms with Crippen LogP contribution in [0.3, 0.4) is 0 Å². The summed E-state index contributed by atoms with van der Waals surface area (Å²) in [5, 5.41) is 20.5. The molecule has 4 rings (SSSR count). The van der Waals surface area contributed by atoms with Gasteiger partial charge in [-0.3, -0.25) is 4.79 Å². The van der Waals surface area contributed by atoms with Crippen LogP contribution < -0.4 is 26.0 Å². The molecule has 37 heavy (non-hydrogen) atoms. The molecule has 1 aromatic carbocycles. The number of aryl methyl sites for hydroxylation is 1. The Labute approximate surface area is 213 Å². The second kappa shape index (κ2) is 11.7. The van der Waals surface area contributed by atoms with E-state index < -0.39 is 18.1 Å². The Balaban J connectivity index is 1.57. The molecule has 2 aliphatic rings. The molecule has 0 spiro atoms. The third kappa shape index (κ3) is 7.01. The lowest BCUT2D eigenvalue weighted by atomic mass is 10.00. The van der Waals surface area contributed by atoms with E-state index in [1.54, 1.807) is 18.2 Å². The highest BCUT2D eigenvalue weighted by molar-refractivity contribution is 6.06. The van der Waals surface area contributed by atoms with Gasteiger partial charge < -0.3 is 31.1 Å². The standard InChI is InChI=1S/C26H30F3N5O3/c1-16-4-5-19(33-25(36)17-6-8-31-22(11-17)26(27,28)29)14-21(16)18-12-23(32-9-10-35)34-24(13-18)37-15-20-3-2-7-30-20/h4-6,8,11-14,20,22,30-31,35H,2-3,7,9-10,15H2,1H3,(H,32,34)(H,33,36). The van der Waals surface area contributed by atoms with E-state index in [1.165, 1.54) is 6.08 Å². The number of amides is 1. The van der Waals surface area contributed by atoms with Crippen molar-refractivity contribution in [3.63, 3.8) is 0 Å². The van der Waals surface area contributed by atoms with Gasteiger partial charge in [-0.25, -0.2) is 0 Å². The number of ether oxygens (including phenoxy) is 1. The minimum absolute atomic E-state index is 0.0658. The summed E-state index contributed by atoms with van der Waals surface area (Å²) in [4.78, 5) is 17.2. The first-order valence-corrected chi connectivity index (χ1v) is 12.1. The Hall–Kier alpha value is -3.57. The van der Waals surface area contributed by atoms with Crippen molar-refractivity contribution in [3.05, 3.63) is 59.8 Å². The zero-order chi connectivity index (χ0) is 26.4. The quantitative estimate of drug-likeness (QED) is 0.347. The van der Waals surface area contributed by atoms with Crippen LogP contribution in [0.2, 0.25) is 0 Å². The Morgan fingerprint density at radius 1 is 1.27 bits per heavy atom. The number of carbonyl (C=O) groups is 1. The molecular formula is C26H30F3N5O3. The van der Waals surface area contributed by atoms with Crippen molar-refractivity contribution in [2.75, 3.05) is 36.9 Å². The highest BCUT2D eigenvalue weighted by Crippen LogP contribution is 2.31. The summed E-state index contributed by atoms with van der Waals surface area (Å²) in [6, 6.07) is 7.22. The highest BCUT2D eigenvalue weighted by atomic mass is 19.4. The summed E-state index contributed by atoms with van der Waals surface area (Å²) < 4.78 is 45.2. The van der Waals surface area contributed by atoms with Gasteiger partial charge in [0.15, 0.2) is 0 Å². The minimum Gasteiger partial charge on any atom is -0.476 e. The smallest absolute Gasteiger partial charge is 0.412 e. The van der Waals surface area contributed by atoms with E-state index in [-0.39, 0.29) is 18.2 Å². The second-order valence-electron chi connectivity index (χ2n) is 8.96. The van der Waals surface area contributed by atoms with E-state index in [9.17, 15) is 23.1 Å². The molecule has 1 fully saturated rings. The van der Waals surface area contributed by atoms with Crippen LogP contribution in [0.5, 0.6) is 5.88 Å². The number of pyridine rings is 1. The Morgan fingerprint density at radius 2 is 2.11 bits per heavy atom. The number of nitrogens with zero attached hydrogens (tertiary/aromatic N) is 1. The van der Waals surface area contributed by atoms with E-state index in [0.29, 0.717) is 30.5 Å². The van der Waals surface area contributed by atoms with Crippen molar-refractivity contribution in [1.29, 1.82) is 0 Å². The Bertz CT molecular complexity index is 1180. The number of halogens is 3. The number of aliphatic hydroxyl groups is 1. The van der Waals surface area contributed by atoms with E-state index in [4.69, 9.17) is 4.74 Å². The van der Waals surface area contributed by atoms with Crippen LogP contribution >= 0.6 is 0 Å². The van der Waals surface area contributed by atoms with Gasteiger partial charge in [0.05, 0.1) is 6.61 Å². The lowest BCUT2D eigenvalue weighted by Crippen LogP contribution is -2.40. The van der Waals surface area contributed by atoms with Crippen molar-refractivity contribution < 1.29 is 27.8 Å². The first-order valence-electron chi connectivity index (χ1n) is 12.1. The summed E-state index contributed by atoms with van der Waals surface area (Å²) in [6.45, 7) is 3.59. The number of alkyl halides is 3. The van der Waals surface area contributed by atoms with E-state index in [1.807, 2.05) is 19.1 Å². The number of dihydropyridines is 1. The number of hydrogen-bond donors (Lipinski definition) is 5. The molecule has 1 saturated heterocycles. The lowest BCUT2D eigenvalue weighted by molar-refractivity contribution is -0.142. The summed E-state index contributed by atoms with van der Waals surface area (Å²) in [5.41, 5.74) is 2.83. The number of nitrogens with one attached hydrogen (secondary N) is 4. The van der Waals surface area contributed by atoms with Crippen LogP contribution in [0.25, 0.3) is 11.1 Å². The molecule has 0 saturated carbocycles. The number of carbonyl (C=O) groups excluding carboxylic acids is 1. The normalized spacial score (nSPS) is 19.2. The van der Waals surface area contributed by atoms with Gasteiger partial charge in [-0.15, -0.1) is 0 Å². The summed E-state index contributed by atoms with van der Waals surface area (Å²) >= 11 is 0. The Morgan fingerprint density at radius 3 is 2.84 bits per heavy atom. The van der Waals surface area contributed by atoms with Crippen LogP contribution in [-0.4, -0.2) is 60.6 Å². The van der Waals surface area contributed by atoms with Gasteiger partial charge in [-0.1, -0.05) is 6.07 Å². The molecule has 2 unspecified atom stereocenters. The van der Waals surface area contributed by atoms with Crippen molar-refractivity contribution in [1.82, 2.24) is 15.6 Å². The molecule has 2 aliphatic heterocycles. The number of rotatable bonds is 9. The zero-order valence-electron chi connectivity index (χ0n) is 20.4. The van der Waals surface area contributed by atoms with Crippen molar-refractivity contribution in [2.24, 2.45) is 0 Å². The molecule has 1 aromatic heterocycles. The maximum atomic E-state index is 13.1. The zero-order valence-corrected chi connectivity index (χ0v) is 20.4. The molecule has 2 aromatic rings. The monoisotopic (exact) mass is 517 g/mol. The average Bonchev–Trinajstić information content (AvgIpc) is 3.40. The lowest BCUT2D eigenvalue weighted by Gasteiger charge is -2.21. The third-order valence-electron chi connectivity index (χ3n) is 6.12. The predicted octanol–water partition coefficient (Wildman–Crippen LogP) is 3.50. The van der Waals surface area contributed by atoms with E-state index in [2.05, 4.69) is 26.3 Å². The first kappa shape index (κ1) is 26.5. The van der Waals surface area contributed by atoms with Gasteiger partial charge in [0.25, 0.3) is 5.91 Å². The summed E-state index contributed by atoms with van der Waals surface area (Å²) in [5.74, 6) is 0.302. The summed E-state index contributed by atoms with van der Waals surface area (Å²) in [6.07, 6.45) is 0.898. The summed E-state index contributed by atoms with van der Waals surface area (Å²) in [7, 11) is 0. The highest BCUT2D eigenvalue weighted by Gasteiger charge is 2.39. The second-order valence-corrected chi connectivity index (χ2v) is 8.96. The fourth-order valence-electron chi connectivity index (χ4n) is 4.17. The Kier molecular flexibility index (Phi) is 8.34. The number of aromatic nitrogens is 1. The van der Waals surface area contributed by atoms with Gasteiger partial charge in [-0.05, 0) is 79.6 Å². The van der Waals surface area contributed by atoms with Crippen molar-refractivity contribution in [3.8, 4) is 17.0 Å². The van der Waals surface area contributed by atoms with Gasteiger partial charge >= 0.3 is 6.18 Å². The van der Waals surface area contributed by atoms with E-state index >= 15 is 0 Å². The number of hydrogen-bond acceptors (Lipinski definition) is 7. The van der Waals surface area contributed by atoms with Crippen LogP contribution in [0, 0.1) is 6.92 Å². The molecular weight excluding hydrogens is 487 g/mol. The molecule has 5 N–H and O–H groups in total. The minimum atomic E-state index is -4.51. The van der Waals surface area contributed by atoms with Crippen LogP contribution in [0.1, 0.15) is 18.4 Å². The maximum Gasteiger partial charge on any atom is 0.412 e. The SMILES string of the molecule is Cc1ccc(NC(=O)C2=CC(C(F)(F)F)NC=C2)cc1-c1cc(NCCO)nc(OCC2CCCN2)c1. The molecule has 0 aliphatic carbocycles. The average molecular weight is 518 g/mol. The fraction of sp³-hybridized carbons (Fsp3) is 0.385. The predicted molar refractivity (Wildman–Crippen MR) is 135 cm³/mol. The van der Waals surface area contributed by atoms with Gasteiger partial charge in [0, 0.05) is 29.9 Å². The molecule has 198 valence electrons. The topological polar surface area (TPSA) is 108 Å². The largest absolute Gasteiger partial charge is 0.476 e. The molecule has 0 radical (unpaired) electrons. The van der Waals surface area contributed by atoms with Gasteiger partial charge in [0.1, 0.15) is 18.5 Å². The fourth-order valence-corrected chi connectivity index (χ4v) is 4.17. The maximum absolute atomic E-state index is 13.1. The van der Waals surface area contributed by atoms with Crippen LogP contribution in [-0.2, 0) is 4.79 Å². The molecule has 11 heteroatoms. The third-order valence-corrected chi connectivity index (χ3v) is 6.12. The molecule has 2 atom stereocenters. The number of aliphatic hydroxyl groups excluding tert-OH is 1. The van der Waals surface area contributed by atoms with E-state index in [0.717, 1.165) is 48.4 Å². The van der Waals surface area contributed by atoms with Gasteiger partial charge in [-0.2, -0.15) is 18.2 Å². The van der Waals surface area contributed by atoms with Crippen molar-refractivity contribution in [2.45, 2.75) is 38.0 Å². The van der Waals surface area contributed by atoms with Gasteiger partial charge in [0.2, 0.25) is 5.88 Å². The first-order chi connectivity index (χ1) is 17.7. The van der Waals surface area contributed by atoms with Crippen molar-refractivity contribution >= 4 is 17.4 Å². The number of anilines is 2.